The Kier molecular flexibility index (Phi) is 8.64. The smallest absolute Gasteiger partial charge is 0.330 e. The van der Waals surface area contributed by atoms with Crippen molar-refractivity contribution in [2.45, 2.75) is 20.3 Å². The standard InChI is InChI=1S/C22H27N2O6PS/c1-4-29-31(26,30-5-2)15-7-14-28-17-12-10-16(11-13-17)21(25)24-22-23-20-18(27-3)8-6-9-19(20)32-22/h6,8-13H,4-5,7,14-15H2,1-3H3,(H,23,24,25). The molecule has 0 unspecified atom stereocenters. The topological polar surface area (TPSA) is 96.0 Å². The molecule has 0 radical (unpaired) electrons. The van der Waals surface area contributed by atoms with Crippen LogP contribution >= 0.6 is 18.9 Å². The molecule has 10 heteroatoms. The van der Waals surface area contributed by atoms with E-state index in [1.807, 2.05) is 18.2 Å². The van der Waals surface area contributed by atoms with Crippen molar-refractivity contribution < 1.29 is 27.9 Å². The zero-order valence-electron chi connectivity index (χ0n) is 18.3. The number of hydrogen-bond acceptors (Lipinski definition) is 8. The largest absolute Gasteiger partial charge is 0.494 e. The molecule has 0 aliphatic heterocycles. The van der Waals surface area contributed by atoms with Crippen molar-refractivity contribution in [2.24, 2.45) is 0 Å². The van der Waals surface area contributed by atoms with Crippen LogP contribution in [-0.4, -0.2) is 44.0 Å². The van der Waals surface area contributed by atoms with Crippen LogP contribution in [0.15, 0.2) is 42.5 Å². The number of hydrogen-bond donors (Lipinski definition) is 1. The Bertz CT molecular complexity index is 1080. The molecular weight excluding hydrogens is 451 g/mol. The van der Waals surface area contributed by atoms with Crippen molar-refractivity contribution >= 4 is 40.2 Å². The summed E-state index contributed by atoms with van der Waals surface area (Å²) < 4.78 is 34.9. The van der Waals surface area contributed by atoms with Gasteiger partial charge in [-0.1, -0.05) is 17.4 Å². The summed E-state index contributed by atoms with van der Waals surface area (Å²) in [4.78, 5) is 17.0. The third-order valence-corrected chi connectivity index (χ3v) is 7.54. The third kappa shape index (κ3) is 6.29. The Hall–Kier alpha value is -2.45. The summed E-state index contributed by atoms with van der Waals surface area (Å²) in [5.41, 5.74) is 1.21. The highest BCUT2D eigenvalue weighted by atomic mass is 32.1. The fraction of sp³-hybridized carbons (Fsp3) is 0.364. The summed E-state index contributed by atoms with van der Waals surface area (Å²) in [5, 5.41) is 3.33. The van der Waals surface area contributed by atoms with E-state index < -0.39 is 7.60 Å². The molecule has 3 rings (SSSR count). The van der Waals surface area contributed by atoms with Gasteiger partial charge in [-0.25, -0.2) is 4.98 Å². The van der Waals surface area contributed by atoms with E-state index >= 15 is 0 Å². The minimum atomic E-state index is -3.06. The number of methoxy groups -OCH3 is 1. The van der Waals surface area contributed by atoms with Gasteiger partial charge in [0, 0.05) is 5.56 Å². The lowest BCUT2D eigenvalue weighted by Gasteiger charge is -2.16. The first-order chi connectivity index (χ1) is 15.5. The molecule has 1 N–H and O–H groups in total. The Morgan fingerprint density at radius 1 is 1.09 bits per heavy atom. The second-order valence-corrected chi connectivity index (χ2v) is 9.89. The van der Waals surface area contributed by atoms with Crippen LogP contribution in [0.2, 0.25) is 0 Å². The van der Waals surface area contributed by atoms with Crippen molar-refractivity contribution in [1.82, 2.24) is 4.98 Å². The van der Waals surface area contributed by atoms with Crippen molar-refractivity contribution in [1.29, 1.82) is 0 Å². The van der Waals surface area contributed by atoms with Crippen molar-refractivity contribution in [3.05, 3.63) is 48.0 Å². The molecular formula is C22H27N2O6PS. The molecule has 0 saturated heterocycles. The fourth-order valence-corrected chi connectivity index (χ4v) is 5.54. The van der Waals surface area contributed by atoms with Crippen molar-refractivity contribution in [2.75, 3.05) is 38.4 Å². The van der Waals surface area contributed by atoms with Crippen LogP contribution in [0.4, 0.5) is 5.13 Å². The van der Waals surface area contributed by atoms with E-state index in [2.05, 4.69) is 10.3 Å². The second kappa shape index (κ2) is 11.4. The number of para-hydroxylation sites is 1. The van der Waals surface area contributed by atoms with E-state index in [1.54, 1.807) is 45.2 Å². The number of carbonyl (C=O) groups excluding carboxylic acids is 1. The lowest BCUT2D eigenvalue weighted by molar-refractivity contribution is 0.102. The van der Waals surface area contributed by atoms with Gasteiger partial charge in [0.05, 0.1) is 37.8 Å². The lowest BCUT2D eigenvalue weighted by atomic mass is 10.2. The van der Waals surface area contributed by atoms with Gasteiger partial charge in [-0.2, -0.15) is 0 Å². The van der Waals surface area contributed by atoms with E-state index in [0.717, 1.165) is 10.2 Å². The molecule has 1 amide bonds. The second-order valence-electron chi connectivity index (χ2n) is 6.68. The van der Waals surface area contributed by atoms with Gasteiger partial charge in [0.25, 0.3) is 5.91 Å². The van der Waals surface area contributed by atoms with E-state index in [9.17, 15) is 9.36 Å². The predicted octanol–water partition coefficient (Wildman–Crippen LogP) is 5.59. The zero-order chi connectivity index (χ0) is 23.0. The number of thiazole rings is 1. The fourth-order valence-electron chi connectivity index (χ4n) is 3.02. The summed E-state index contributed by atoms with van der Waals surface area (Å²) >= 11 is 1.38. The SMILES string of the molecule is CCOP(=O)(CCCOc1ccc(C(=O)Nc2nc3c(OC)cccc3s2)cc1)OCC. The van der Waals surface area contributed by atoms with Gasteiger partial charge in [0.15, 0.2) is 5.13 Å². The van der Waals surface area contributed by atoms with Gasteiger partial charge >= 0.3 is 7.60 Å². The number of ether oxygens (including phenoxy) is 2. The Morgan fingerprint density at radius 2 is 1.81 bits per heavy atom. The maximum atomic E-state index is 12.6. The maximum Gasteiger partial charge on any atom is 0.330 e. The number of amides is 1. The number of carbonyl (C=O) groups is 1. The van der Waals surface area contributed by atoms with Crippen LogP contribution in [-0.2, 0) is 13.6 Å². The van der Waals surface area contributed by atoms with E-state index in [1.165, 1.54) is 11.3 Å². The molecule has 2 aromatic carbocycles. The number of nitrogens with one attached hydrogen (secondary N) is 1. The van der Waals surface area contributed by atoms with Crippen LogP contribution in [0.1, 0.15) is 30.6 Å². The summed E-state index contributed by atoms with van der Waals surface area (Å²) in [7, 11) is -1.47. The molecule has 0 bridgehead atoms. The Balaban J connectivity index is 1.53. The molecule has 3 aromatic rings. The average Bonchev–Trinajstić information content (AvgIpc) is 3.20. The van der Waals surface area contributed by atoms with Crippen LogP contribution in [0.3, 0.4) is 0 Å². The van der Waals surface area contributed by atoms with Gasteiger partial charge < -0.3 is 18.5 Å². The van der Waals surface area contributed by atoms with Gasteiger partial charge in [-0.3, -0.25) is 14.7 Å². The number of anilines is 1. The van der Waals surface area contributed by atoms with Gasteiger partial charge in [-0.15, -0.1) is 0 Å². The number of rotatable bonds is 12. The molecule has 0 saturated carbocycles. The van der Waals surface area contributed by atoms with Crippen LogP contribution < -0.4 is 14.8 Å². The molecule has 172 valence electrons. The van der Waals surface area contributed by atoms with Crippen molar-refractivity contribution in [3.8, 4) is 11.5 Å². The molecule has 8 nitrogen and oxygen atoms in total. The molecule has 1 aromatic heterocycles. The van der Waals surface area contributed by atoms with Crippen LogP contribution in [0.5, 0.6) is 11.5 Å². The maximum absolute atomic E-state index is 12.6. The molecule has 0 spiro atoms. The minimum Gasteiger partial charge on any atom is -0.494 e. The molecule has 0 aliphatic carbocycles. The Morgan fingerprint density at radius 3 is 2.47 bits per heavy atom. The highest BCUT2D eigenvalue weighted by molar-refractivity contribution is 7.53. The summed E-state index contributed by atoms with van der Waals surface area (Å²) in [6, 6.07) is 12.5. The number of benzene rings is 2. The normalized spacial score (nSPS) is 11.5. The molecule has 1 heterocycles. The first-order valence-corrected chi connectivity index (χ1v) is 12.9. The monoisotopic (exact) mass is 478 g/mol. The lowest BCUT2D eigenvalue weighted by Crippen LogP contribution is -2.11. The van der Waals surface area contributed by atoms with Crippen molar-refractivity contribution in [3.63, 3.8) is 0 Å². The van der Waals surface area contributed by atoms with Gasteiger partial charge in [0.1, 0.15) is 17.0 Å². The summed E-state index contributed by atoms with van der Waals surface area (Å²) in [6.07, 6.45) is 0.822. The summed E-state index contributed by atoms with van der Waals surface area (Å²) in [5.74, 6) is 1.03. The van der Waals surface area contributed by atoms with E-state index in [-0.39, 0.29) is 5.91 Å². The third-order valence-electron chi connectivity index (χ3n) is 4.44. The minimum absolute atomic E-state index is 0.260. The molecule has 0 fully saturated rings. The van der Waals surface area contributed by atoms with Gasteiger partial charge in [-0.05, 0) is 56.7 Å². The first kappa shape index (κ1) is 24.2. The number of nitrogens with zero attached hydrogens (tertiary/aromatic N) is 1. The van der Waals surface area contributed by atoms with Gasteiger partial charge in [0.2, 0.25) is 0 Å². The number of aromatic nitrogens is 1. The van der Waals surface area contributed by atoms with E-state index in [4.69, 9.17) is 18.5 Å². The average molecular weight is 479 g/mol. The summed E-state index contributed by atoms with van der Waals surface area (Å²) in [6.45, 7) is 4.61. The number of fused-ring (bicyclic) bond motifs is 1. The Labute approximate surface area is 191 Å². The zero-order valence-corrected chi connectivity index (χ0v) is 20.0. The van der Waals surface area contributed by atoms with E-state index in [0.29, 0.717) is 54.6 Å². The highest BCUT2D eigenvalue weighted by Gasteiger charge is 2.22. The van der Waals surface area contributed by atoms with Crippen LogP contribution in [0.25, 0.3) is 10.2 Å². The molecule has 32 heavy (non-hydrogen) atoms. The predicted molar refractivity (Wildman–Crippen MR) is 126 cm³/mol. The highest BCUT2D eigenvalue weighted by Crippen LogP contribution is 2.48. The quantitative estimate of drug-likeness (QED) is 0.268. The molecule has 0 atom stereocenters. The van der Waals surface area contributed by atoms with Crippen LogP contribution in [0, 0.1) is 0 Å². The first-order valence-electron chi connectivity index (χ1n) is 10.3. The molecule has 0 aliphatic rings.